The van der Waals surface area contributed by atoms with Crippen LogP contribution in [0.1, 0.15) is 31.7 Å². The molecule has 0 spiro atoms. The molecule has 0 radical (unpaired) electrons. The first kappa shape index (κ1) is 19.9. The number of ether oxygens (including phenoxy) is 2. The van der Waals surface area contributed by atoms with Gasteiger partial charge in [-0.3, -0.25) is 9.78 Å². The molecule has 2 heterocycles. The summed E-state index contributed by atoms with van der Waals surface area (Å²) in [5.74, 6) is 2.36. The van der Waals surface area contributed by atoms with E-state index in [1.54, 1.807) is 17.3 Å². The zero-order valence-electron chi connectivity index (χ0n) is 17.0. The van der Waals surface area contributed by atoms with Gasteiger partial charge in [-0.05, 0) is 23.6 Å². The summed E-state index contributed by atoms with van der Waals surface area (Å²) in [5.41, 5.74) is 1.25. The zero-order valence-corrected chi connectivity index (χ0v) is 17.0. The van der Waals surface area contributed by atoms with E-state index >= 15 is 0 Å². The van der Waals surface area contributed by atoms with Crippen molar-refractivity contribution in [3.8, 4) is 11.6 Å². The molecule has 7 heteroatoms. The number of carbonyl (C=O) groups excluding carboxylic acids is 1. The highest BCUT2D eigenvalue weighted by molar-refractivity contribution is 5.78. The number of carbonyl (C=O) groups is 1. The molecule has 1 saturated heterocycles. The number of amides is 1. The highest BCUT2D eigenvalue weighted by atomic mass is 16.5. The highest BCUT2D eigenvalue weighted by Gasteiger charge is 2.28. The van der Waals surface area contributed by atoms with Crippen LogP contribution in [0, 0.1) is 0 Å². The molecule has 1 aromatic carbocycles. The molecular weight excluding hydrogens is 356 g/mol. The molecule has 7 nitrogen and oxygen atoms in total. The third-order valence-corrected chi connectivity index (χ3v) is 4.75. The molecule has 0 N–H and O–H groups in total. The fourth-order valence-corrected chi connectivity index (χ4v) is 3.02. The van der Waals surface area contributed by atoms with Crippen molar-refractivity contribution >= 4 is 11.7 Å². The van der Waals surface area contributed by atoms with Crippen LogP contribution in [-0.4, -0.2) is 60.7 Å². The molecule has 28 heavy (non-hydrogen) atoms. The Balaban J connectivity index is 1.48. The summed E-state index contributed by atoms with van der Waals surface area (Å²) in [4.78, 5) is 24.7. The summed E-state index contributed by atoms with van der Waals surface area (Å²) in [7, 11) is 3.81. The summed E-state index contributed by atoms with van der Waals surface area (Å²) in [6, 6.07) is 7.89. The van der Waals surface area contributed by atoms with E-state index in [1.807, 2.05) is 43.3 Å². The highest BCUT2D eigenvalue weighted by Crippen LogP contribution is 2.20. The van der Waals surface area contributed by atoms with E-state index in [9.17, 15) is 4.79 Å². The Morgan fingerprint density at radius 2 is 2.00 bits per heavy atom. The predicted molar refractivity (Wildman–Crippen MR) is 108 cm³/mol. The number of anilines is 1. The maximum atomic E-state index is 12.4. The molecule has 1 atom stereocenters. The van der Waals surface area contributed by atoms with Gasteiger partial charge in [0.05, 0.1) is 18.9 Å². The smallest absolute Gasteiger partial charge is 0.260 e. The van der Waals surface area contributed by atoms with Gasteiger partial charge in [0.15, 0.2) is 12.4 Å². The van der Waals surface area contributed by atoms with Gasteiger partial charge in [-0.25, -0.2) is 0 Å². The summed E-state index contributed by atoms with van der Waals surface area (Å²) in [5, 5.41) is 0. The molecular formula is C21H28N4O3. The molecule has 1 unspecified atom stereocenters. The van der Waals surface area contributed by atoms with Gasteiger partial charge in [-0.2, -0.15) is 4.98 Å². The van der Waals surface area contributed by atoms with Crippen LogP contribution in [0.15, 0.2) is 36.7 Å². The van der Waals surface area contributed by atoms with Gasteiger partial charge in [-0.1, -0.05) is 26.0 Å². The topological polar surface area (TPSA) is 67.8 Å². The number of hydrogen-bond acceptors (Lipinski definition) is 6. The van der Waals surface area contributed by atoms with E-state index < -0.39 is 0 Å². The molecule has 1 aromatic heterocycles. The molecule has 2 aromatic rings. The van der Waals surface area contributed by atoms with Crippen molar-refractivity contribution in [1.29, 1.82) is 0 Å². The van der Waals surface area contributed by atoms with Crippen molar-refractivity contribution in [3.63, 3.8) is 0 Å². The lowest BCUT2D eigenvalue weighted by Crippen LogP contribution is -2.34. The van der Waals surface area contributed by atoms with Gasteiger partial charge in [0, 0.05) is 27.1 Å². The van der Waals surface area contributed by atoms with Gasteiger partial charge >= 0.3 is 0 Å². The number of aromatic nitrogens is 2. The van der Waals surface area contributed by atoms with Crippen LogP contribution in [-0.2, 0) is 4.79 Å². The molecule has 1 aliphatic heterocycles. The van der Waals surface area contributed by atoms with Crippen LogP contribution >= 0.6 is 0 Å². The van der Waals surface area contributed by atoms with Gasteiger partial charge in [0.2, 0.25) is 5.88 Å². The minimum absolute atomic E-state index is 0.0314. The number of likely N-dealkylation sites (tertiary alicyclic amines) is 1. The molecule has 0 aliphatic carbocycles. The number of hydrogen-bond donors (Lipinski definition) is 0. The van der Waals surface area contributed by atoms with Crippen molar-refractivity contribution in [3.05, 3.63) is 42.2 Å². The monoisotopic (exact) mass is 384 g/mol. The maximum Gasteiger partial charge on any atom is 0.260 e. The minimum Gasteiger partial charge on any atom is -0.484 e. The van der Waals surface area contributed by atoms with Gasteiger partial charge in [-0.15, -0.1) is 0 Å². The fraction of sp³-hybridized carbons (Fsp3) is 0.476. The van der Waals surface area contributed by atoms with Crippen LogP contribution in [0.25, 0.3) is 0 Å². The third-order valence-electron chi connectivity index (χ3n) is 4.75. The SMILES string of the molecule is CC(C)c1ccc(OCC(=O)N2CCC(Oc3cncc(N(C)C)n3)C2)cc1. The van der Waals surface area contributed by atoms with Crippen molar-refractivity contribution in [1.82, 2.24) is 14.9 Å². The molecule has 1 fully saturated rings. The molecule has 3 rings (SSSR count). The summed E-state index contributed by atoms with van der Waals surface area (Å²) in [6.07, 6.45) is 3.97. The van der Waals surface area contributed by atoms with Crippen LogP contribution in [0.3, 0.4) is 0 Å². The summed E-state index contributed by atoms with van der Waals surface area (Å²) in [6.45, 7) is 5.51. The van der Waals surface area contributed by atoms with Crippen molar-refractivity contribution in [2.75, 3.05) is 38.7 Å². The number of nitrogens with zero attached hydrogens (tertiary/aromatic N) is 4. The van der Waals surface area contributed by atoms with Crippen LogP contribution in [0.5, 0.6) is 11.6 Å². The lowest BCUT2D eigenvalue weighted by molar-refractivity contribution is -0.132. The van der Waals surface area contributed by atoms with Crippen molar-refractivity contribution in [2.24, 2.45) is 0 Å². The van der Waals surface area contributed by atoms with Crippen LogP contribution in [0.2, 0.25) is 0 Å². The van der Waals surface area contributed by atoms with E-state index in [1.165, 1.54) is 5.56 Å². The standard InChI is InChI=1S/C21H28N4O3/c1-15(2)16-5-7-17(8-6-16)27-14-21(26)25-10-9-18(13-25)28-20-12-22-11-19(23-20)24(3)4/h5-8,11-12,15,18H,9-10,13-14H2,1-4H3. The van der Waals surface area contributed by atoms with Crippen LogP contribution < -0.4 is 14.4 Å². The Labute approximate surface area is 166 Å². The number of benzene rings is 1. The van der Waals surface area contributed by atoms with E-state index in [-0.39, 0.29) is 18.6 Å². The number of rotatable bonds is 7. The minimum atomic E-state index is -0.0824. The van der Waals surface area contributed by atoms with Crippen molar-refractivity contribution in [2.45, 2.75) is 32.3 Å². The fourth-order valence-electron chi connectivity index (χ4n) is 3.02. The first-order valence-corrected chi connectivity index (χ1v) is 9.59. The second kappa shape index (κ2) is 8.91. The second-order valence-electron chi connectivity index (χ2n) is 7.49. The molecule has 1 amide bonds. The quantitative estimate of drug-likeness (QED) is 0.731. The molecule has 0 saturated carbocycles. The van der Waals surface area contributed by atoms with Crippen LogP contribution in [0.4, 0.5) is 5.82 Å². The van der Waals surface area contributed by atoms with E-state index in [2.05, 4.69) is 23.8 Å². The zero-order chi connectivity index (χ0) is 20.1. The third kappa shape index (κ3) is 5.12. The molecule has 1 aliphatic rings. The Bertz CT molecular complexity index is 792. The Morgan fingerprint density at radius 1 is 1.25 bits per heavy atom. The maximum absolute atomic E-state index is 12.4. The lowest BCUT2D eigenvalue weighted by Gasteiger charge is -2.18. The Morgan fingerprint density at radius 3 is 2.68 bits per heavy atom. The largest absolute Gasteiger partial charge is 0.484 e. The van der Waals surface area contributed by atoms with E-state index in [0.717, 1.165) is 12.2 Å². The predicted octanol–water partition coefficient (Wildman–Crippen LogP) is 2.72. The van der Waals surface area contributed by atoms with Gasteiger partial charge < -0.3 is 19.3 Å². The first-order chi connectivity index (χ1) is 13.4. The summed E-state index contributed by atoms with van der Waals surface area (Å²) >= 11 is 0. The first-order valence-electron chi connectivity index (χ1n) is 9.59. The van der Waals surface area contributed by atoms with Crippen molar-refractivity contribution < 1.29 is 14.3 Å². The van der Waals surface area contributed by atoms with E-state index in [0.29, 0.717) is 30.6 Å². The summed E-state index contributed by atoms with van der Waals surface area (Å²) < 4.78 is 11.6. The Kier molecular flexibility index (Phi) is 6.34. The average Bonchev–Trinajstić information content (AvgIpc) is 3.15. The average molecular weight is 384 g/mol. The molecule has 0 bridgehead atoms. The molecule has 150 valence electrons. The van der Waals surface area contributed by atoms with Gasteiger partial charge in [0.1, 0.15) is 11.9 Å². The second-order valence-corrected chi connectivity index (χ2v) is 7.49. The lowest BCUT2D eigenvalue weighted by atomic mass is 10.0. The Hall–Kier alpha value is -2.83. The van der Waals surface area contributed by atoms with Gasteiger partial charge in [0.25, 0.3) is 5.91 Å². The van der Waals surface area contributed by atoms with E-state index in [4.69, 9.17) is 9.47 Å². The normalized spacial score (nSPS) is 16.3.